The Bertz CT molecular complexity index is 1160. The van der Waals surface area contributed by atoms with Crippen molar-refractivity contribution in [2.45, 2.75) is 25.2 Å². The number of anilines is 1. The predicted molar refractivity (Wildman–Crippen MR) is 119 cm³/mol. The van der Waals surface area contributed by atoms with Gasteiger partial charge in [0, 0.05) is 18.3 Å². The van der Waals surface area contributed by atoms with Crippen LogP contribution in [0.5, 0.6) is 11.6 Å². The number of hydrogen-bond donors (Lipinski definition) is 2. The maximum atomic E-state index is 12.8. The van der Waals surface area contributed by atoms with E-state index in [0.717, 1.165) is 18.2 Å². The number of nitrogens with zero attached hydrogens (tertiary/aromatic N) is 4. The average Bonchev–Trinajstić information content (AvgIpc) is 3.33. The van der Waals surface area contributed by atoms with Gasteiger partial charge >= 0.3 is 5.97 Å². The lowest BCUT2D eigenvalue weighted by Crippen LogP contribution is -2.60. The van der Waals surface area contributed by atoms with E-state index in [4.69, 9.17) is 14.2 Å². The first-order valence-corrected chi connectivity index (χ1v) is 10.5. The zero-order valence-corrected chi connectivity index (χ0v) is 18.6. The van der Waals surface area contributed by atoms with Gasteiger partial charge in [-0.15, -0.1) is 5.10 Å². The fourth-order valence-electron chi connectivity index (χ4n) is 3.40. The van der Waals surface area contributed by atoms with Crippen LogP contribution in [-0.2, 0) is 20.9 Å². The molecule has 3 heterocycles. The van der Waals surface area contributed by atoms with Crippen LogP contribution in [-0.4, -0.2) is 68.8 Å². The summed E-state index contributed by atoms with van der Waals surface area (Å²) in [5.41, 5.74) is -0.749. The highest BCUT2D eigenvalue weighted by molar-refractivity contribution is 6.00. The van der Waals surface area contributed by atoms with Crippen molar-refractivity contribution in [3.63, 3.8) is 0 Å². The molecule has 1 saturated heterocycles. The van der Waals surface area contributed by atoms with Gasteiger partial charge in [0.25, 0.3) is 5.91 Å². The van der Waals surface area contributed by atoms with E-state index in [0.29, 0.717) is 24.0 Å². The highest BCUT2D eigenvalue weighted by Gasteiger charge is 2.49. The maximum absolute atomic E-state index is 12.8. The number of carbonyl (C=O) groups excluding carboxylic acids is 1. The number of ether oxygens (including phenoxy) is 3. The number of hydrogen-bond acceptors (Lipinski definition) is 8. The molecule has 11 heteroatoms. The summed E-state index contributed by atoms with van der Waals surface area (Å²) in [6, 6.07) is 12.6. The number of pyridine rings is 1. The second kappa shape index (κ2) is 9.49. The Hall–Kier alpha value is -3.96. The molecule has 34 heavy (non-hydrogen) atoms. The van der Waals surface area contributed by atoms with Crippen molar-refractivity contribution in [2.24, 2.45) is 0 Å². The lowest BCUT2D eigenvalue weighted by atomic mass is 9.97. The van der Waals surface area contributed by atoms with Gasteiger partial charge in [-0.2, -0.15) is 0 Å². The van der Waals surface area contributed by atoms with E-state index < -0.39 is 23.6 Å². The fourth-order valence-corrected chi connectivity index (χ4v) is 3.40. The third kappa shape index (κ3) is 4.70. The van der Waals surface area contributed by atoms with Crippen LogP contribution in [0.1, 0.15) is 12.5 Å². The number of aromatic nitrogens is 3. The third-order valence-electron chi connectivity index (χ3n) is 5.42. The fraction of sp³-hybridized carbons (Fsp3) is 0.304. The molecule has 11 nitrogen and oxygen atoms in total. The highest BCUT2D eigenvalue weighted by Crippen LogP contribution is 2.24. The Morgan fingerprint density at radius 1 is 1.24 bits per heavy atom. The molecule has 0 aliphatic carbocycles. The van der Waals surface area contributed by atoms with E-state index in [9.17, 15) is 19.8 Å². The molecule has 1 unspecified atom stereocenters. The van der Waals surface area contributed by atoms with Gasteiger partial charge in [0.2, 0.25) is 5.88 Å². The summed E-state index contributed by atoms with van der Waals surface area (Å²) in [5.74, 6) is -0.706. The number of morpholine rings is 1. The van der Waals surface area contributed by atoms with Crippen molar-refractivity contribution >= 4 is 17.7 Å². The molecule has 4 rings (SSSR count). The van der Waals surface area contributed by atoms with Crippen molar-refractivity contribution in [2.75, 3.05) is 25.2 Å². The molecule has 2 N–H and O–H groups in total. The Morgan fingerprint density at radius 2 is 2.00 bits per heavy atom. The van der Waals surface area contributed by atoms with E-state index in [1.807, 2.05) is 24.3 Å². The van der Waals surface area contributed by atoms with Crippen molar-refractivity contribution in [1.82, 2.24) is 14.8 Å². The van der Waals surface area contributed by atoms with Crippen LogP contribution in [0, 0.1) is 0 Å². The third-order valence-corrected chi connectivity index (χ3v) is 5.42. The topological polar surface area (TPSA) is 136 Å². The second-order valence-electron chi connectivity index (χ2n) is 7.80. The van der Waals surface area contributed by atoms with Crippen molar-refractivity contribution < 1.29 is 34.0 Å². The largest absolute Gasteiger partial charge is 0.497 e. The number of carboxylic acid groups (broad SMARTS) is 1. The average molecular weight is 468 g/mol. The highest BCUT2D eigenvalue weighted by atomic mass is 16.5. The lowest BCUT2D eigenvalue weighted by Gasteiger charge is -2.36. The molecular formula is C23H24N4O7. The number of carboxylic acids is 1. The van der Waals surface area contributed by atoms with Gasteiger partial charge in [-0.05, 0) is 30.7 Å². The minimum absolute atomic E-state index is 0.0640. The summed E-state index contributed by atoms with van der Waals surface area (Å²) in [5, 5.41) is 23.8. The number of benzene rings is 1. The molecule has 1 aromatic carbocycles. The molecule has 2 atom stereocenters. The number of aliphatic carboxylic acids is 1. The van der Waals surface area contributed by atoms with Gasteiger partial charge in [0.1, 0.15) is 12.4 Å². The van der Waals surface area contributed by atoms with E-state index >= 15 is 0 Å². The van der Waals surface area contributed by atoms with Crippen LogP contribution in [0.3, 0.4) is 0 Å². The number of methoxy groups -OCH3 is 1. The van der Waals surface area contributed by atoms with Gasteiger partial charge < -0.3 is 24.4 Å². The molecule has 178 valence electrons. The van der Waals surface area contributed by atoms with Gasteiger partial charge in [-0.25, -0.2) is 14.5 Å². The van der Waals surface area contributed by atoms with Crippen LogP contribution in [0.15, 0.2) is 54.9 Å². The molecular weight excluding hydrogens is 444 g/mol. The molecule has 3 aromatic rings. The minimum atomic E-state index is -2.36. The van der Waals surface area contributed by atoms with Crippen molar-refractivity contribution in [3.05, 3.63) is 60.4 Å². The molecule has 0 bridgehead atoms. The minimum Gasteiger partial charge on any atom is -0.497 e. The molecule has 2 aromatic heterocycles. The number of carbonyl (C=O) groups is 2. The summed E-state index contributed by atoms with van der Waals surface area (Å²) < 4.78 is 17.6. The van der Waals surface area contributed by atoms with Crippen LogP contribution in [0.4, 0.5) is 5.82 Å². The van der Waals surface area contributed by atoms with E-state index in [2.05, 4.69) is 10.1 Å². The smallest absolute Gasteiger partial charge is 0.338 e. The molecule has 0 spiro atoms. The molecule has 1 amide bonds. The Labute approximate surface area is 195 Å². The van der Waals surface area contributed by atoms with E-state index in [1.54, 1.807) is 37.7 Å². The first-order chi connectivity index (χ1) is 16.3. The Morgan fingerprint density at radius 3 is 2.65 bits per heavy atom. The number of amides is 1. The Balaban J connectivity index is 1.42. The zero-order valence-electron chi connectivity index (χ0n) is 18.6. The number of aliphatic hydroxyl groups is 1. The Kier molecular flexibility index (Phi) is 6.48. The van der Waals surface area contributed by atoms with Gasteiger partial charge in [-0.1, -0.05) is 12.1 Å². The standard InChI is InChI=1S/C23H24N4O7/c1-23(31,22(29)30)20-21(28)26(11-12-33-20)18-9-10-27(25-18)16-5-8-19(24-13-16)34-14-15-3-6-17(32-2)7-4-15/h3-10,13,20,31H,11-12,14H2,1-2H3,(H,29,30)/t20-,23?/m0/s1. The number of rotatable bonds is 8. The quantitative estimate of drug-likeness (QED) is 0.503. The zero-order chi connectivity index (χ0) is 24.3. The molecule has 1 aliphatic rings. The molecule has 1 fully saturated rings. The second-order valence-corrected chi connectivity index (χ2v) is 7.80. The summed E-state index contributed by atoms with van der Waals surface area (Å²) >= 11 is 0. The van der Waals surface area contributed by atoms with Crippen LogP contribution in [0.25, 0.3) is 5.69 Å². The van der Waals surface area contributed by atoms with Gasteiger partial charge in [0.05, 0.1) is 32.1 Å². The van der Waals surface area contributed by atoms with Crippen LogP contribution in [0.2, 0.25) is 0 Å². The SMILES string of the molecule is COc1ccc(COc2ccc(-n3ccc(N4CCO[C@H](C(C)(O)C(=O)O)C4=O)n3)cn2)cc1. The summed E-state index contributed by atoms with van der Waals surface area (Å²) in [6.45, 7) is 1.62. The van der Waals surface area contributed by atoms with Crippen molar-refractivity contribution in [1.29, 1.82) is 0 Å². The lowest BCUT2D eigenvalue weighted by molar-refractivity contribution is -0.180. The first kappa shape index (κ1) is 23.2. The van der Waals surface area contributed by atoms with E-state index in [1.165, 1.54) is 9.58 Å². The van der Waals surface area contributed by atoms with Crippen LogP contribution >= 0.6 is 0 Å². The van der Waals surface area contributed by atoms with E-state index in [-0.39, 0.29) is 13.2 Å². The molecule has 0 radical (unpaired) electrons. The summed E-state index contributed by atoms with van der Waals surface area (Å²) in [6.07, 6.45) is 1.70. The summed E-state index contributed by atoms with van der Waals surface area (Å²) in [4.78, 5) is 29.7. The summed E-state index contributed by atoms with van der Waals surface area (Å²) in [7, 11) is 1.61. The molecule has 1 aliphatic heterocycles. The monoisotopic (exact) mass is 468 g/mol. The maximum Gasteiger partial charge on any atom is 0.338 e. The normalized spacial score (nSPS) is 17.8. The van der Waals surface area contributed by atoms with Gasteiger partial charge in [0.15, 0.2) is 17.5 Å². The predicted octanol–water partition coefficient (Wildman–Crippen LogP) is 1.42. The first-order valence-electron chi connectivity index (χ1n) is 10.5. The molecule has 0 saturated carbocycles. The van der Waals surface area contributed by atoms with Crippen molar-refractivity contribution in [3.8, 4) is 17.3 Å². The van der Waals surface area contributed by atoms with Crippen LogP contribution < -0.4 is 14.4 Å². The van der Waals surface area contributed by atoms with Gasteiger partial charge in [-0.3, -0.25) is 9.69 Å².